The molecule has 4 rings (SSSR count). The van der Waals surface area contributed by atoms with Crippen LogP contribution < -0.4 is 4.74 Å². The molecule has 1 unspecified atom stereocenters. The van der Waals surface area contributed by atoms with Gasteiger partial charge in [0.15, 0.2) is 0 Å². The Labute approximate surface area is 162 Å². The van der Waals surface area contributed by atoms with Crippen molar-refractivity contribution in [3.8, 4) is 11.6 Å². The Morgan fingerprint density at radius 3 is 2.54 bits per heavy atom. The third kappa shape index (κ3) is 3.07. The number of benzene rings is 2. The molecule has 0 bridgehead atoms. The van der Waals surface area contributed by atoms with Crippen LogP contribution >= 0.6 is 0 Å². The van der Waals surface area contributed by atoms with E-state index in [1.807, 2.05) is 72.8 Å². The van der Waals surface area contributed by atoms with Crippen LogP contribution in [0.5, 0.6) is 11.6 Å². The number of fused-ring (bicyclic) bond motifs is 3. The van der Waals surface area contributed by atoms with Gasteiger partial charge in [-0.2, -0.15) is 0 Å². The van der Waals surface area contributed by atoms with Crippen LogP contribution in [0.3, 0.4) is 0 Å². The van der Waals surface area contributed by atoms with Crippen LogP contribution in [-0.4, -0.2) is 25.4 Å². The highest BCUT2D eigenvalue weighted by atomic mass is 16.5. The number of hydrogen-bond donors (Lipinski definition) is 1. The fraction of sp³-hybridized carbons (Fsp3) is 0.227. The number of hydrogen-bond acceptors (Lipinski definition) is 4. The van der Waals surface area contributed by atoms with Gasteiger partial charge in [-0.1, -0.05) is 43.7 Å². The zero-order valence-corrected chi connectivity index (χ0v) is 15.8. The molecule has 4 aromatic rings. The highest BCUT2D eigenvalue weighted by Crippen LogP contribution is 2.37. The second-order valence-electron chi connectivity index (χ2n) is 6.75. The summed E-state index contributed by atoms with van der Waals surface area (Å²) >= 11 is 0. The fourth-order valence-corrected chi connectivity index (χ4v) is 3.56. The molecule has 2 heterocycles. The molecule has 0 aliphatic rings. The molecule has 1 atom stereocenters. The lowest BCUT2D eigenvalue weighted by atomic mass is 9.94. The molecular formula is C22H21N3O3. The van der Waals surface area contributed by atoms with Crippen LogP contribution in [0.4, 0.5) is 0 Å². The van der Waals surface area contributed by atoms with E-state index in [9.17, 15) is 9.90 Å². The van der Waals surface area contributed by atoms with Gasteiger partial charge < -0.3 is 9.84 Å². The lowest BCUT2D eigenvalue weighted by molar-refractivity contribution is -0.139. The average molecular weight is 375 g/mol. The van der Waals surface area contributed by atoms with Gasteiger partial charge in [-0.25, -0.2) is 14.4 Å². The Kier molecular flexibility index (Phi) is 4.69. The smallest absolute Gasteiger partial charge is 0.311 e. The van der Waals surface area contributed by atoms with Gasteiger partial charge in [0.25, 0.3) is 0 Å². The molecule has 0 saturated carbocycles. The number of carboxylic acids is 1. The lowest BCUT2D eigenvalue weighted by Crippen LogP contribution is -2.16. The maximum Gasteiger partial charge on any atom is 0.311 e. The molecule has 6 heteroatoms. The number of imidazole rings is 1. The molecule has 142 valence electrons. The highest BCUT2D eigenvalue weighted by molar-refractivity contribution is 5.82. The van der Waals surface area contributed by atoms with Gasteiger partial charge in [-0.3, -0.25) is 4.79 Å². The average Bonchev–Trinajstić information content (AvgIpc) is 3.05. The molecule has 0 fully saturated rings. The molecule has 0 aliphatic carbocycles. The van der Waals surface area contributed by atoms with Crippen molar-refractivity contribution in [1.82, 2.24) is 14.4 Å². The minimum absolute atomic E-state index is 0.461. The predicted octanol–water partition coefficient (Wildman–Crippen LogP) is 4.95. The summed E-state index contributed by atoms with van der Waals surface area (Å²) < 4.78 is 8.08. The zero-order chi connectivity index (χ0) is 19.7. The van der Waals surface area contributed by atoms with Gasteiger partial charge in [0.1, 0.15) is 5.75 Å². The summed E-state index contributed by atoms with van der Waals surface area (Å²) in [6.45, 7) is 3.79. The van der Waals surface area contributed by atoms with E-state index in [1.165, 1.54) is 0 Å². The van der Waals surface area contributed by atoms with Crippen molar-refractivity contribution in [3.63, 3.8) is 0 Å². The first-order valence-electron chi connectivity index (χ1n) is 9.33. The number of ether oxygens (including phenoxy) is 1. The Hall–Kier alpha value is -3.41. The normalized spacial score (nSPS) is 12.4. The number of rotatable bonds is 6. The Morgan fingerprint density at radius 1 is 1.11 bits per heavy atom. The molecule has 0 aliphatic heterocycles. The predicted molar refractivity (Wildman–Crippen MR) is 107 cm³/mol. The van der Waals surface area contributed by atoms with Gasteiger partial charge in [0.2, 0.25) is 11.7 Å². The van der Waals surface area contributed by atoms with E-state index >= 15 is 0 Å². The Morgan fingerprint density at radius 2 is 1.82 bits per heavy atom. The molecule has 2 aromatic carbocycles. The first-order valence-corrected chi connectivity index (χ1v) is 9.33. The third-order valence-corrected chi connectivity index (χ3v) is 4.82. The van der Waals surface area contributed by atoms with E-state index in [0.717, 1.165) is 17.5 Å². The zero-order valence-electron chi connectivity index (χ0n) is 15.8. The van der Waals surface area contributed by atoms with Gasteiger partial charge >= 0.3 is 5.97 Å². The second kappa shape index (κ2) is 7.31. The van der Waals surface area contributed by atoms with Crippen molar-refractivity contribution in [3.05, 3.63) is 65.9 Å². The van der Waals surface area contributed by atoms with E-state index in [-0.39, 0.29) is 0 Å². The van der Waals surface area contributed by atoms with Gasteiger partial charge in [0.05, 0.1) is 22.6 Å². The van der Waals surface area contributed by atoms with Crippen molar-refractivity contribution in [1.29, 1.82) is 0 Å². The van der Waals surface area contributed by atoms with Crippen LogP contribution in [0.15, 0.2) is 54.6 Å². The van der Waals surface area contributed by atoms with Crippen LogP contribution in [0.2, 0.25) is 0 Å². The maximum atomic E-state index is 12.1. The van der Waals surface area contributed by atoms with Crippen molar-refractivity contribution in [2.75, 3.05) is 0 Å². The van der Waals surface area contributed by atoms with E-state index < -0.39 is 11.9 Å². The summed E-state index contributed by atoms with van der Waals surface area (Å²) in [6.07, 6.45) is 1.24. The van der Waals surface area contributed by atoms with Crippen LogP contribution in [0.25, 0.3) is 16.8 Å². The van der Waals surface area contributed by atoms with Gasteiger partial charge in [-0.05, 0) is 37.6 Å². The van der Waals surface area contributed by atoms with E-state index in [2.05, 4.69) is 9.97 Å². The van der Waals surface area contributed by atoms with E-state index in [1.54, 1.807) is 0 Å². The van der Waals surface area contributed by atoms with Crippen molar-refractivity contribution in [2.45, 2.75) is 32.6 Å². The van der Waals surface area contributed by atoms with Crippen LogP contribution in [-0.2, 0) is 4.79 Å². The van der Waals surface area contributed by atoms with Crippen LogP contribution in [0.1, 0.15) is 36.9 Å². The summed E-state index contributed by atoms with van der Waals surface area (Å²) in [7, 11) is 0. The topological polar surface area (TPSA) is 76.7 Å². The summed E-state index contributed by atoms with van der Waals surface area (Å²) in [5.74, 6) is 0.00143. The number of aromatic nitrogens is 3. The van der Waals surface area contributed by atoms with E-state index in [0.29, 0.717) is 35.1 Å². The van der Waals surface area contributed by atoms with Gasteiger partial charge in [-0.15, -0.1) is 0 Å². The molecule has 0 spiro atoms. The first-order chi connectivity index (χ1) is 13.6. The number of nitrogens with zero attached hydrogens (tertiary/aromatic N) is 3. The SMILES string of the molecule is CCCC(C(=O)O)c1c(C)nc2nc3ccccc3n2c1Oc1ccccc1. The third-order valence-electron chi connectivity index (χ3n) is 4.82. The fourth-order valence-electron chi connectivity index (χ4n) is 3.56. The largest absolute Gasteiger partial charge is 0.481 e. The Bertz CT molecular complexity index is 1150. The maximum absolute atomic E-state index is 12.1. The number of para-hydroxylation sites is 3. The minimum Gasteiger partial charge on any atom is -0.481 e. The summed E-state index contributed by atoms with van der Waals surface area (Å²) in [6, 6.07) is 17.0. The van der Waals surface area contributed by atoms with Crippen molar-refractivity contribution < 1.29 is 14.6 Å². The second-order valence-corrected chi connectivity index (χ2v) is 6.75. The summed E-state index contributed by atoms with van der Waals surface area (Å²) in [4.78, 5) is 21.3. The van der Waals surface area contributed by atoms with Crippen molar-refractivity contribution >= 4 is 22.8 Å². The number of aryl methyl sites for hydroxylation is 1. The quantitative estimate of drug-likeness (QED) is 0.516. The highest BCUT2D eigenvalue weighted by Gasteiger charge is 2.29. The molecular weight excluding hydrogens is 354 g/mol. The standard InChI is InChI=1S/C22H21N3O3/c1-3-9-16(21(26)27)19-14(2)23-22-24-17-12-7-8-13-18(17)25(22)20(19)28-15-10-5-4-6-11-15/h4-8,10-13,16H,3,9H2,1-2H3,(H,26,27). The Balaban J connectivity index is 2.06. The molecule has 0 radical (unpaired) electrons. The number of aliphatic carboxylic acids is 1. The summed E-state index contributed by atoms with van der Waals surface area (Å²) in [5, 5.41) is 9.90. The minimum atomic E-state index is -0.881. The van der Waals surface area contributed by atoms with Gasteiger partial charge in [0, 0.05) is 5.56 Å². The van der Waals surface area contributed by atoms with Crippen molar-refractivity contribution in [2.24, 2.45) is 0 Å². The van der Waals surface area contributed by atoms with E-state index in [4.69, 9.17) is 4.74 Å². The number of carbonyl (C=O) groups is 1. The lowest BCUT2D eigenvalue weighted by Gasteiger charge is -2.20. The summed E-state index contributed by atoms with van der Waals surface area (Å²) in [5.41, 5.74) is 2.83. The van der Waals surface area contributed by atoms with Crippen LogP contribution in [0, 0.1) is 6.92 Å². The number of carboxylic acid groups (broad SMARTS) is 1. The molecule has 0 saturated heterocycles. The molecule has 1 N–H and O–H groups in total. The monoisotopic (exact) mass is 375 g/mol. The molecule has 6 nitrogen and oxygen atoms in total. The molecule has 0 amide bonds. The first kappa shape index (κ1) is 18.0. The molecule has 28 heavy (non-hydrogen) atoms. The molecule has 2 aromatic heterocycles.